The van der Waals surface area contributed by atoms with E-state index in [1.165, 1.54) is 10.5 Å². The summed E-state index contributed by atoms with van der Waals surface area (Å²) in [5, 5.41) is 7.13. The van der Waals surface area contributed by atoms with Crippen molar-refractivity contribution in [1.82, 2.24) is 19.4 Å². The van der Waals surface area contributed by atoms with E-state index in [9.17, 15) is 8.42 Å². The molecule has 1 rings (SSSR count). The summed E-state index contributed by atoms with van der Waals surface area (Å²) in [6, 6.07) is 0. The van der Waals surface area contributed by atoms with Crippen LogP contribution in [-0.2, 0) is 16.6 Å². The molecule has 7 heteroatoms. The maximum atomic E-state index is 12.3. The largest absolute Gasteiger partial charge is 0.320 e. The first kappa shape index (κ1) is 15.9. The molecule has 0 bridgehead atoms. The molecule has 0 spiro atoms. The summed E-state index contributed by atoms with van der Waals surface area (Å²) >= 11 is 0. The second-order valence-electron chi connectivity index (χ2n) is 4.14. The summed E-state index contributed by atoms with van der Waals surface area (Å²) in [4.78, 5) is 0.237. The van der Waals surface area contributed by atoms with Crippen molar-refractivity contribution in [3.8, 4) is 0 Å². The van der Waals surface area contributed by atoms with E-state index >= 15 is 0 Å². The Kier molecular flexibility index (Phi) is 6.20. The molecule has 0 saturated carbocycles. The summed E-state index contributed by atoms with van der Waals surface area (Å²) in [5.41, 5.74) is 0. The molecule has 1 heterocycles. The molecule has 0 unspecified atom stereocenters. The van der Waals surface area contributed by atoms with Crippen LogP contribution < -0.4 is 5.32 Å². The maximum Gasteiger partial charge on any atom is 0.246 e. The highest BCUT2D eigenvalue weighted by atomic mass is 32.2. The molecule has 0 atom stereocenters. The van der Waals surface area contributed by atoms with E-state index in [1.54, 1.807) is 23.9 Å². The van der Waals surface area contributed by atoms with Crippen LogP contribution in [0.25, 0.3) is 0 Å². The highest BCUT2D eigenvalue weighted by Crippen LogP contribution is 2.14. The molecule has 6 nitrogen and oxygen atoms in total. The number of hydrogen-bond donors (Lipinski definition) is 1. The van der Waals surface area contributed by atoms with Crippen molar-refractivity contribution in [1.29, 1.82) is 0 Å². The van der Waals surface area contributed by atoms with Gasteiger partial charge in [0, 0.05) is 25.8 Å². The molecule has 0 aliphatic rings. The van der Waals surface area contributed by atoms with Crippen LogP contribution in [0.4, 0.5) is 0 Å². The van der Waals surface area contributed by atoms with Crippen molar-refractivity contribution in [3.63, 3.8) is 0 Å². The molecule has 0 amide bonds. The van der Waals surface area contributed by atoms with Gasteiger partial charge in [-0.05, 0) is 20.0 Å². The van der Waals surface area contributed by atoms with Crippen molar-refractivity contribution < 1.29 is 8.42 Å². The summed E-state index contributed by atoms with van der Waals surface area (Å²) in [6.07, 6.45) is 5.47. The molecule has 0 aromatic carbocycles. The number of aromatic nitrogens is 2. The number of nitrogens with zero attached hydrogens (tertiary/aromatic N) is 3. The van der Waals surface area contributed by atoms with Gasteiger partial charge in [-0.3, -0.25) is 4.68 Å². The van der Waals surface area contributed by atoms with E-state index < -0.39 is 10.0 Å². The average Bonchev–Trinajstić information content (AvgIpc) is 2.85. The molecule has 0 aliphatic heterocycles. The van der Waals surface area contributed by atoms with Crippen LogP contribution in [0.3, 0.4) is 0 Å². The van der Waals surface area contributed by atoms with E-state index in [4.69, 9.17) is 0 Å². The first-order chi connectivity index (χ1) is 9.06. The van der Waals surface area contributed by atoms with E-state index in [0.29, 0.717) is 19.6 Å². The predicted molar refractivity (Wildman–Crippen MR) is 75.4 cm³/mol. The lowest BCUT2D eigenvalue weighted by Gasteiger charge is -2.17. The second-order valence-corrected chi connectivity index (χ2v) is 6.08. The van der Waals surface area contributed by atoms with Crippen LogP contribution in [0.5, 0.6) is 0 Å². The van der Waals surface area contributed by atoms with Crippen LogP contribution in [0, 0.1) is 0 Å². The van der Waals surface area contributed by atoms with Crippen molar-refractivity contribution in [2.24, 2.45) is 0 Å². The minimum Gasteiger partial charge on any atom is -0.320 e. The topological polar surface area (TPSA) is 67.2 Å². The average molecular weight is 286 g/mol. The Labute approximate surface area is 115 Å². The Morgan fingerprint density at radius 3 is 2.89 bits per heavy atom. The summed E-state index contributed by atoms with van der Waals surface area (Å²) in [7, 11) is -1.58. The van der Waals surface area contributed by atoms with E-state index in [-0.39, 0.29) is 4.90 Å². The predicted octanol–water partition coefficient (Wildman–Crippen LogP) is 0.689. The van der Waals surface area contributed by atoms with Gasteiger partial charge in [-0.15, -0.1) is 6.58 Å². The van der Waals surface area contributed by atoms with Crippen LogP contribution in [0.1, 0.15) is 13.3 Å². The first-order valence-corrected chi connectivity index (χ1v) is 7.78. The maximum absolute atomic E-state index is 12.3. The fourth-order valence-corrected chi connectivity index (χ4v) is 3.08. The van der Waals surface area contributed by atoms with Crippen LogP contribution in [-0.4, -0.2) is 49.2 Å². The Hall–Kier alpha value is -1.18. The highest BCUT2D eigenvalue weighted by Gasteiger charge is 2.23. The number of rotatable bonds is 9. The number of likely N-dealkylation sites (N-methyl/N-ethyl adjacent to an activating group) is 1. The lowest BCUT2D eigenvalue weighted by molar-refractivity contribution is 0.459. The van der Waals surface area contributed by atoms with E-state index in [1.807, 2.05) is 7.05 Å². The summed E-state index contributed by atoms with van der Waals surface area (Å²) < 4.78 is 27.6. The van der Waals surface area contributed by atoms with Gasteiger partial charge in [-0.2, -0.15) is 9.40 Å². The lowest BCUT2D eigenvalue weighted by Crippen LogP contribution is -2.30. The zero-order chi connectivity index (χ0) is 14.3. The summed E-state index contributed by atoms with van der Waals surface area (Å²) in [5.74, 6) is 0. The molecule has 19 heavy (non-hydrogen) atoms. The van der Waals surface area contributed by atoms with Crippen molar-refractivity contribution >= 4 is 10.0 Å². The molecule has 0 saturated heterocycles. The molecular weight excluding hydrogens is 264 g/mol. The Morgan fingerprint density at radius 2 is 2.32 bits per heavy atom. The van der Waals surface area contributed by atoms with E-state index in [2.05, 4.69) is 17.0 Å². The van der Waals surface area contributed by atoms with E-state index in [0.717, 1.165) is 13.0 Å². The van der Waals surface area contributed by atoms with Gasteiger partial charge in [0.2, 0.25) is 10.0 Å². The Bertz CT molecular complexity index is 496. The normalized spacial score (nSPS) is 11.9. The van der Waals surface area contributed by atoms with Crippen molar-refractivity contribution in [2.75, 3.05) is 26.7 Å². The number of hydrogen-bond acceptors (Lipinski definition) is 4. The van der Waals surface area contributed by atoms with Crippen molar-refractivity contribution in [3.05, 3.63) is 25.0 Å². The molecule has 108 valence electrons. The van der Waals surface area contributed by atoms with Crippen LogP contribution in [0.2, 0.25) is 0 Å². The van der Waals surface area contributed by atoms with Gasteiger partial charge in [-0.1, -0.05) is 13.0 Å². The SMILES string of the molecule is C=CCN(CC)S(=O)(=O)c1cnn(CCCNC)c1. The molecule has 1 aromatic rings. The van der Waals surface area contributed by atoms with Gasteiger partial charge < -0.3 is 5.32 Å². The zero-order valence-corrected chi connectivity index (χ0v) is 12.4. The Balaban J connectivity index is 2.81. The molecule has 0 aliphatic carbocycles. The quantitative estimate of drug-likeness (QED) is 0.536. The number of sulfonamides is 1. The number of aryl methyl sites for hydroxylation is 1. The third kappa shape index (κ3) is 4.15. The second kappa shape index (κ2) is 7.42. The minimum absolute atomic E-state index is 0.237. The van der Waals surface area contributed by atoms with Gasteiger partial charge in [0.25, 0.3) is 0 Å². The van der Waals surface area contributed by atoms with Crippen molar-refractivity contribution in [2.45, 2.75) is 24.8 Å². The zero-order valence-electron chi connectivity index (χ0n) is 11.5. The molecular formula is C12H22N4O2S. The van der Waals surface area contributed by atoms with Gasteiger partial charge in [0.15, 0.2) is 0 Å². The van der Waals surface area contributed by atoms with Gasteiger partial charge in [0.05, 0.1) is 6.20 Å². The molecule has 1 N–H and O–H groups in total. The van der Waals surface area contributed by atoms with Gasteiger partial charge >= 0.3 is 0 Å². The first-order valence-electron chi connectivity index (χ1n) is 6.34. The smallest absolute Gasteiger partial charge is 0.246 e. The Morgan fingerprint density at radius 1 is 1.58 bits per heavy atom. The van der Waals surface area contributed by atoms with Crippen LogP contribution >= 0.6 is 0 Å². The third-order valence-corrected chi connectivity index (χ3v) is 4.64. The monoisotopic (exact) mass is 286 g/mol. The highest BCUT2D eigenvalue weighted by molar-refractivity contribution is 7.89. The third-order valence-electron chi connectivity index (χ3n) is 2.75. The fraction of sp³-hybridized carbons (Fsp3) is 0.583. The molecule has 0 radical (unpaired) electrons. The summed E-state index contributed by atoms with van der Waals surface area (Å²) in [6.45, 7) is 7.68. The van der Waals surface area contributed by atoms with Gasteiger partial charge in [0.1, 0.15) is 4.90 Å². The van der Waals surface area contributed by atoms with Gasteiger partial charge in [-0.25, -0.2) is 8.42 Å². The van der Waals surface area contributed by atoms with Crippen LogP contribution in [0.15, 0.2) is 29.9 Å². The fourth-order valence-electron chi connectivity index (χ4n) is 1.71. The molecule has 0 fully saturated rings. The standard InChI is InChI=1S/C12H22N4O2S/c1-4-8-16(5-2)19(17,18)12-10-14-15(11-12)9-6-7-13-3/h4,10-11,13H,1,5-9H2,2-3H3. The minimum atomic E-state index is -3.46. The number of nitrogens with one attached hydrogen (secondary N) is 1. The molecule has 1 aromatic heterocycles. The lowest BCUT2D eigenvalue weighted by atomic mass is 10.4.